The molecule has 2 aromatic rings. The summed E-state index contributed by atoms with van der Waals surface area (Å²) in [4.78, 5) is 11.3. The van der Waals surface area contributed by atoms with Crippen molar-refractivity contribution in [3.05, 3.63) is 64.0 Å². The third-order valence-electron chi connectivity index (χ3n) is 3.07. The monoisotopic (exact) mass is 329 g/mol. The van der Waals surface area contributed by atoms with Crippen molar-refractivity contribution in [2.45, 2.75) is 13.0 Å². The zero-order chi connectivity index (χ0) is 14.9. The van der Waals surface area contributed by atoms with Gasteiger partial charge in [-0.3, -0.25) is 10.2 Å². The summed E-state index contributed by atoms with van der Waals surface area (Å²) < 4.78 is 14.8. The van der Waals surface area contributed by atoms with Gasteiger partial charge in [0.05, 0.1) is 16.6 Å². The average molecular weight is 330 g/mol. The molecule has 0 saturated heterocycles. The van der Waals surface area contributed by atoms with Crippen molar-refractivity contribution < 1.29 is 9.18 Å². The highest BCUT2D eigenvalue weighted by molar-refractivity contribution is 6.30. The Kier molecular flexibility index (Phi) is 5.52. The molecule has 0 spiro atoms. The molecule has 0 radical (unpaired) electrons. The average Bonchev–Trinajstić information content (AvgIpc) is 2.40. The third-order valence-corrected chi connectivity index (χ3v) is 3.28. The molecular formula is C14H14Cl2FN3O. The van der Waals surface area contributed by atoms with Crippen LogP contribution < -0.4 is 11.2 Å². The number of carbonyl (C=O) groups is 1. The first kappa shape index (κ1) is 17.2. The minimum absolute atomic E-state index is 0. The number of pyridine rings is 1. The minimum Gasteiger partial charge on any atom is -0.365 e. The Labute approximate surface area is 132 Å². The smallest absolute Gasteiger partial charge is 0.252 e. The van der Waals surface area contributed by atoms with Crippen LogP contribution in [0.5, 0.6) is 0 Å². The zero-order valence-corrected chi connectivity index (χ0v) is 12.7. The molecule has 0 unspecified atom stereocenters. The normalized spacial score (nSPS) is 11.6. The van der Waals surface area contributed by atoms with Gasteiger partial charge in [0.15, 0.2) is 0 Å². The van der Waals surface area contributed by atoms with E-state index < -0.39 is 5.91 Å². The molecular weight excluding hydrogens is 316 g/mol. The van der Waals surface area contributed by atoms with Crippen LogP contribution in [-0.2, 0) is 0 Å². The molecule has 112 valence electrons. The van der Waals surface area contributed by atoms with Gasteiger partial charge < -0.3 is 10.3 Å². The van der Waals surface area contributed by atoms with Crippen molar-refractivity contribution >= 4 is 29.9 Å². The maximum atomic E-state index is 13.3. The lowest BCUT2D eigenvalue weighted by molar-refractivity contribution is 0.0997. The van der Waals surface area contributed by atoms with E-state index in [2.05, 4.69) is 0 Å². The fraction of sp³-hybridized carbons (Fsp3) is 0.143. The second-order valence-corrected chi connectivity index (χ2v) is 4.86. The number of nitrogens with two attached hydrogens (primary N) is 1. The molecule has 0 bridgehead atoms. The van der Waals surface area contributed by atoms with E-state index in [4.69, 9.17) is 22.7 Å². The second-order valence-electron chi connectivity index (χ2n) is 4.42. The summed E-state index contributed by atoms with van der Waals surface area (Å²) in [5.41, 5.74) is 5.86. The number of hydrogen-bond acceptors (Lipinski definition) is 2. The molecule has 0 aliphatic heterocycles. The number of hydrogen-bond donors (Lipinski definition) is 2. The number of halogens is 3. The highest BCUT2D eigenvalue weighted by Crippen LogP contribution is 2.19. The molecule has 3 N–H and O–H groups in total. The first-order valence-corrected chi connectivity index (χ1v) is 6.29. The first-order chi connectivity index (χ1) is 9.40. The number of carbonyl (C=O) groups excluding carboxylic acids is 1. The van der Waals surface area contributed by atoms with Gasteiger partial charge in [-0.05, 0) is 30.7 Å². The van der Waals surface area contributed by atoms with Crippen LogP contribution in [0.25, 0.3) is 0 Å². The fourth-order valence-electron chi connectivity index (χ4n) is 2.00. The molecule has 4 nitrogen and oxygen atoms in total. The van der Waals surface area contributed by atoms with Crippen LogP contribution in [0.1, 0.15) is 28.9 Å². The summed E-state index contributed by atoms with van der Waals surface area (Å²) in [5.74, 6) is -1.09. The standard InChI is InChI=1S/C14H13ClFN3O.ClH/c1-8(9-3-2-4-11(16)5-9)19-7-10(15)6-12(13(19)17)14(18)20;/h2-8,17H,1H3,(H2,18,20);1H/t8-;/m1./s1. The maximum absolute atomic E-state index is 13.3. The van der Waals surface area contributed by atoms with Crippen molar-refractivity contribution in [2.24, 2.45) is 5.73 Å². The molecule has 21 heavy (non-hydrogen) atoms. The van der Waals surface area contributed by atoms with E-state index >= 15 is 0 Å². The predicted molar refractivity (Wildman–Crippen MR) is 81.3 cm³/mol. The van der Waals surface area contributed by atoms with Gasteiger partial charge in [0.2, 0.25) is 0 Å². The van der Waals surface area contributed by atoms with Gasteiger partial charge >= 0.3 is 0 Å². The Morgan fingerprint density at radius 3 is 2.67 bits per heavy atom. The highest BCUT2D eigenvalue weighted by atomic mass is 35.5. The third kappa shape index (κ3) is 3.62. The summed E-state index contributed by atoms with van der Waals surface area (Å²) in [7, 11) is 0. The molecule has 1 aromatic heterocycles. The van der Waals surface area contributed by atoms with E-state index in [0.717, 1.165) is 0 Å². The minimum atomic E-state index is -0.724. The number of rotatable bonds is 3. The lowest BCUT2D eigenvalue weighted by Gasteiger charge is -2.18. The SMILES string of the molecule is C[C@H](c1cccc(F)c1)n1cc(Cl)cc(C(N)=O)c1=N.Cl. The summed E-state index contributed by atoms with van der Waals surface area (Å²) >= 11 is 5.94. The van der Waals surface area contributed by atoms with Crippen molar-refractivity contribution in [2.75, 3.05) is 0 Å². The Morgan fingerprint density at radius 1 is 1.43 bits per heavy atom. The Morgan fingerprint density at radius 2 is 2.10 bits per heavy atom. The van der Waals surface area contributed by atoms with Crippen LogP contribution in [0.15, 0.2) is 36.5 Å². The Balaban J connectivity index is 0.00000220. The highest BCUT2D eigenvalue weighted by Gasteiger charge is 2.14. The molecule has 0 aliphatic carbocycles. The molecule has 1 heterocycles. The summed E-state index contributed by atoms with van der Waals surface area (Å²) in [5, 5.41) is 8.31. The number of benzene rings is 1. The van der Waals surface area contributed by atoms with Gasteiger partial charge in [0.25, 0.3) is 5.91 Å². The quantitative estimate of drug-likeness (QED) is 0.892. The van der Waals surface area contributed by atoms with Crippen LogP contribution >= 0.6 is 24.0 Å². The van der Waals surface area contributed by atoms with E-state index in [1.807, 2.05) is 0 Å². The van der Waals surface area contributed by atoms with Crippen LogP contribution in [0.4, 0.5) is 4.39 Å². The zero-order valence-electron chi connectivity index (χ0n) is 11.1. The van der Waals surface area contributed by atoms with Crippen LogP contribution in [0, 0.1) is 11.2 Å². The van der Waals surface area contributed by atoms with Gasteiger partial charge in [-0.15, -0.1) is 12.4 Å². The lowest BCUT2D eigenvalue weighted by atomic mass is 10.1. The largest absolute Gasteiger partial charge is 0.365 e. The summed E-state index contributed by atoms with van der Waals surface area (Å²) in [6.07, 6.45) is 1.52. The number of primary amides is 1. The molecule has 0 saturated carbocycles. The van der Waals surface area contributed by atoms with E-state index in [-0.39, 0.29) is 40.3 Å². The Bertz CT molecular complexity index is 730. The predicted octanol–water partition coefficient (Wildman–Crippen LogP) is 2.89. The lowest BCUT2D eigenvalue weighted by Crippen LogP contribution is -2.31. The fourth-order valence-corrected chi connectivity index (χ4v) is 2.21. The van der Waals surface area contributed by atoms with Crippen molar-refractivity contribution in [1.29, 1.82) is 5.41 Å². The molecule has 0 aliphatic rings. The van der Waals surface area contributed by atoms with Crippen LogP contribution in [0.2, 0.25) is 5.02 Å². The van der Waals surface area contributed by atoms with Gasteiger partial charge in [-0.2, -0.15) is 0 Å². The number of aromatic nitrogens is 1. The topological polar surface area (TPSA) is 71.9 Å². The van der Waals surface area contributed by atoms with Crippen molar-refractivity contribution in [3.63, 3.8) is 0 Å². The molecule has 0 fully saturated rings. The Hall–Kier alpha value is -1.85. The number of nitrogens with one attached hydrogen (secondary N) is 1. The van der Waals surface area contributed by atoms with Crippen molar-refractivity contribution in [3.8, 4) is 0 Å². The van der Waals surface area contributed by atoms with Crippen LogP contribution in [0.3, 0.4) is 0 Å². The van der Waals surface area contributed by atoms with Crippen molar-refractivity contribution in [1.82, 2.24) is 4.57 Å². The van der Waals surface area contributed by atoms with E-state index in [1.54, 1.807) is 19.1 Å². The molecule has 2 rings (SSSR count). The molecule has 1 atom stereocenters. The second kappa shape index (κ2) is 6.74. The van der Waals surface area contributed by atoms with E-state index in [9.17, 15) is 9.18 Å². The molecule has 1 amide bonds. The van der Waals surface area contributed by atoms with Gasteiger partial charge in [-0.1, -0.05) is 23.7 Å². The summed E-state index contributed by atoms with van der Waals surface area (Å²) in [6.45, 7) is 1.79. The first-order valence-electron chi connectivity index (χ1n) is 5.91. The number of amides is 1. The van der Waals surface area contributed by atoms with E-state index in [1.165, 1.54) is 29.0 Å². The maximum Gasteiger partial charge on any atom is 0.252 e. The van der Waals surface area contributed by atoms with Crippen LogP contribution in [-0.4, -0.2) is 10.5 Å². The molecule has 1 aromatic carbocycles. The number of nitrogens with zero attached hydrogens (tertiary/aromatic N) is 1. The van der Waals surface area contributed by atoms with Gasteiger partial charge in [0.1, 0.15) is 11.3 Å². The summed E-state index contributed by atoms with van der Waals surface area (Å²) in [6, 6.07) is 7.05. The molecule has 7 heteroatoms. The van der Waals surface area contributed by atoms with Gasteiger partial charge in [0, 0.05) is 6.20 Å². The van der Waals surface area contributed by atoms with E-state index in [0.29, 0.717) is 5.56 Å². The van der Waals surface area contributed by atoms with Gasteiger partial charge in [-0.25, -0.2) is 4.39 Å².